The van der Waals surface area contributed by atoms with Crippen LogP contribution in [0.25, 0.3) is 0 Å². The van der Waals surface area contributed by atoms with Gasteiger partial charge in [0.1, 0.15) is 12.4 Å². The highest BCUT2D eigenvalue weighted by atomic mass is 16.5. The number of rotatable bonds is 5. The van der Waals surface area contributed by atoms with E-state index in [1.54, 1.807) is 7.11 Å². The van der Waals surface area contributed by atoms with E-state index in [0.717, 1.165) is 38.4 Å². The first-order valence-corrected chi connectivity index (χ1v) is 7.17. The van der Waals surface area contributed by atoms with Crippen LogP contribution >= 0.6 is 0 Å². The van der Waals surface area contributed by atoms with Crippen LogP contribution in [0.15, 0.2) is 30.3 Å². The maximum atomic E-state index is 5.69. The van der Waals surface area contributed by atoms with Crippen molar-refractivity contribution in [3.8, 4) is 5.75 Å². The number of para-hydroxylation sites is 1. The van der Waals surface area contributed by atoms with E-state index >= 15 is 0 Å². The minimum atomic E-state index is 0.0345. The Morgan fingerprint density at radius 3 is 2.47 bits per heavy atom. The average Bonchev–Trinajstić information content (AvgIpc) is 2.85. The van der Waals surface area contributed by atoms with E-state index in [0.29, 0.717) is 0 Å². The minimum absolute atomic E-state index is 0.0345. The molecule has 108 valence electrons. The van der Waals surface area contributed by atoms with Crippen molar-refractivity contribution in [2.45, 2.75) is 32.8 Å². The van der Waals surface area contributed by atoms with Gasteiger partial charge in [0.2, 0.25) is 0 Å². The molecule has 1 heterocycles. The molecule has 0 aliphatic carbocycles. The number of benzene rings is 1. The Morgan fingerprint density at radius 2 is 1.89 bits per heavy atom. The Kier molecular flexibility index (Phi) is 6.89. The normalized spacial score (nSPS) is 22.7. The van der Waals surface area contributed by atoms with Gasteiger partial charge in [-0.25, -0.2) is 0 Å². The summed E-state index contributed by atoms with van der Waals surface area (Å²) in [6, 6.07) is 9.96. The summed E-state index contributed by atoms with van der Waals surface area (Å²) in [7, 11) is 1.80. The third-order valence-electron chi connectivity index (χ3n) is 3.43. The molecule has 3 nitrogen and oxygen atoms in total. The Balaban J connectivity index is 0.000000861. The zero-order chi connectivity index (χ0) is 14.1. The summed E-state index contributed by atoms with van der Waals surface area (Å²) in [5.41, 5.74) is 0.0345. The molecule has 0 saturated carbocycles. The standard InChI is InChI=1S/C14H21NO2.C2H6/c1-14(16-2)8-9-15(12-14)10-11-17-13-6-4-3-5-7-13;1-2/h3-7H,8-12H2,1-2H3;1-2H3. The summed E-state index contributed by atoms with van der Waals surface area (Å²) in [6.07, 6.45) is 1.11. The van der Waals surface area contributed by atoms with Crippen molar-refractivity contribution < 1.29 is 9.47 Å². The SMILES string of the molecule is CC.COC1(C)CCN(CCOc2ccccc2)C1. The second-order valence-corrected chi connectivity index (χ2v) is 4.84. The number of hydrogen-bond acceptors (Lipinski definition) is 3. The summed E-state index contributed by atoms with van der Waals surface area (Å²) < 4.78 is 11.2. The largest absolute Gasteiger partial charge is 0.492 e. The molecular formula is C16H27NO2. The van der Waals surface area contributed by atoms with Crippen LogP contribution in [-0.4, -0.2) is 43.9 Å². The second-order valence-electron chi connectivity index (χ2n) is 4.84. The fraction of sp³-hybridized carbons (Fsp3) is 0.625. The number of methoxy groups -OCH3 is 1. The maximum absolute atomic E-state index is 5.69. The van der Waals surface area contributed by atoms with Crippen LogP contribution in [0, 0.1) is 0 Å². The van der Waals surface area contributed by atoms with Crippen molar-refractivity contribution in [1.29, 1.82) is 0 Å². The van der Waals surface area contributed by atoms with Gasteiger partial charge in [-0.2, -0.15) is 0 Å². The Hall–Kier alpha value is -1.06. The summed E-state index contributed by atoms with van der Waals surface area (Å²) in [4.78, 5) is 2.40. The molecule has 1 aromatic carbocycles. The molecule has 1 atom stereocenters. The highest BCUT2D eigenvalue weighted by Crippen LogP contribution is 2.23. The lowest BCUT2D eigenvalue weighted by Gasteiger charge is -2.22. The Labute approximate surface area is 117 Å². The maximum Gasteiger partial charge on any atom is 0.119 e. The number of likely N-dealkylation sites (tertiary alicyclic amines) is 1. The molecule has 0 amide bonds. The third kappa shape index (κ3) is 5.21. The fourth-order valence-electron chi connectivity index (χ4n) is 2.19. The van der Waals surface area contributed by atoms with Crippen LogP contribution in [0.1, 0.15) is 27.2 Å². The minimum Gasteiger partial charge on any atom is -0.492 e. The van der Waals surface area contributed by atoms with Crippen molar-refractivity contribution in [3.63, 3.8) is 0 Å². The highest BCUT2D eigenvalue weighted by Gasteiger charge is 2.33. The smallest absolute Gasteiger partial charge is 0.119 e. The van der Waals surface area contributed by atoms with Crippen LogP contribution in [0.3, 0.4) is 0 Å². The van der Waals surface area contributed by atoms with Gasteiger partial charge in [-0.3, -0.25) is 4.90 Å². The predicted molar refractivity (Wildman–Crippen MR) is 79.8 cm³/mol. The highest BCUT2D eigenvalue weighted by molar-refractivity contribution is 5.20. The van der Waals surface area contributed by atoms with Crippen molar-refractivity contribution in [2.75, 3.05) is 33.4 Å². The molecule has 2 rings (SSSR count). The lowest BCUT2D eigenvalue weighted by molar-refractivity contribution is 0.0141. The molecule has 1 saturated heterocycles. The number of ether oxygens (including phenoxy) is 2. The van der Waals surface area contributed by atoms with Crippen LogP contribution < -0.4 is 4.74 Å². The van der Waals surface area contributed by atoms with Gasteiger partial charge in [-0.15, -0.1) is 0 Å². The van der Waals surface area contributed by atoms with Gasteiger partial charge in [0.15, 0.2) is 0 Å². The van der Waals surface area contributed by atoms with Crippen LogP contribution in [0.4, 0.5) is 0 Å². The van der Waals surface area contributed by atoms with E-state index in [-0.39, 0.29) is 5.60 Å². The zero-order valence-corrected chi connectivity index (χ0v) is 12.7. The molecule has 3 heteroatoms. The van der Waals surface area contributed by atoms with E-state index in [1.165, 1.54) is 0 Å². The second kappa shape index (κ2) is 8.18. The molecule has 1 fully saturated rings. The van der Waals surface area contributed by atoms with Crippen molar-refractivity contribution >= 4 is 0 Å². The van der Waals surface area contributed by atoms with Crippen LogP contribution in [0.5, 0.6) is 5.75 Å². The molecule has 19 heavy (non-hydrogen) atoms. The first-order valence-electron chi connectivity index (χ1n) is 7.17. The molecule has 0 aromatic heterocycles. The fourth-order valence-corrected chi connectivity index (χ4v) is 2.19. The summed E-state index contributed by atoms with van der Waals surface area (Å²) in [6.45, 7) is 9.98. The van der Waals surface area contributed by atoms with Gasteiger partial charge in [0, 0.05) is 26.7 Å². The Morgan fingerprint density at radius 1 is 1.21 bits per heavy atom. The van der Waals surface area contributed by atoms with E-state index in [1.807, 2.05) is 44.2 Å². The number of nitrogens with zero attached hydrogens (tertiary/aromatic N) is 1. The van der Waals surface area contributed by atoms with Gasteiger partial charge in [-0.05, 0) is 25.5 Å². The Bertz CT molecular complexity index is 342. The monoisotopic (exact) mass is 265 g/mol. The van der Waals surface area contributed by atoms with Gasteiger partial charge in [-0.1, -0.05) is 32.0 Å². The predicted octanol–water partition coefficient (Wildman–Crippen LogP) is 3.20. The summed E-state index contributed by atoms with van der Waals surface area (Å²) >= 11 is 0. The average molecular weight is 265 g/mol. The van der Waals surface area contributed by atoms with Crippen LogP contribution in [-0.2, 0) is 4.74 Å². The van der Waals surface area contributed by atoms with E-state index < -0.39 is 0 Å². The van der Waals surface area contributed by atoms with Gasteiger partial charge in [0.25, 0.3) is 0 Å². The molecule has 1 unspecified atom stereocenters. The van der Waals surface area contributed by atoms with Crippen molar-refractivity contribution in [2.24, 2.45) is 0 Å². The van der Waals surface area contributed by atoms with Gasteiger partial charge >= 0.3 is 0 Å². The molecular weight excluding hydrogens is 238 g/mol. The molecule has 1 aliphatic rings. The third-order valence-corrected chi connectivity index (χ3v) is 3.43. The van der Waals surface area contributed by atoms with E-state index in [9.17, 15) is 0 Å². The summed E-state index contributed by atoms with van der Waals surface area (Å²) in [5.74, 6) is 0.946. The lowest BCUT2D eigenvalue weighted by atomic mass is 10.1. The lowest BCUT2D eigenvalue weighted by Crippen LogP contribution is -2.33. The van der Waals surface area contributed by atoms with Crippen molar-refractivity contribution in [3.05, 3.63) is 30.3 Å². The van der Waals surface area contributed by atoms with Crippen LogP contribution in [0.2, 0.25) is 0 Å². The molecule has 0 spiro atoms. The molecule has 1 aromatic rings. The van der Waals surface area contributed by atoms with Gasteiger partial charge in [0.05, 0.1) is 5.60 Å². The first-order chi connectivity index (χ1) is 9.22. The molecule has 1 aliphatic heterocycles. The molecule has 0 radical (unpaired) electrons. The zero-order valence-electron chi connectivity index (χ0n) is 12.7. The topological polar surface area (TPSA) is 21.7 Å². The first kappa shape index (κ1) is 16.0. The van der Waals surface area contributed by atoms with Gasteiger partial charge < -0.3 is 9.47 Å². The number of hydrogen-bond donors (Lipinski definition) is 0. The summed E-state index contributed by atoms with van der Waals surface area (Å²) in [5, 5.41) is 0. The molecule has 0 N–H and O–H groups in total. The quantitative estimate of drug-likeness (QED) is 0.816. The van der Waals surface area contributed by atoms with E-state index in [2.05, 4.69) is 11.8 Å². The van der Waals surface area contributed by atoms with Crippen molar-refractivity contribution in [1.82, 2.24) is 4.90 Å². The van der Waals surface area contributed by atoms with E-state index in [4.69, 9.17) is 9.47 Å². The molecule has 0 bridgehead atoms.